The molecule has 2 heteroatoms. The van der Waals surface area contributed by atoms with Gasteiger partial charge in [-0.2, -0.15) is 0 Å². The fourth-order valence-corrected chi connectivity index (χ4v) is 5.31. The third-order valence-electron chi connectivity index (χ3n) is 6.94. The van der Waals surface area contributed by atoms with Crippen LogP contribution in [0.4, 0.5) is 0 Å². The molecule has 1 nitrogen and oxygen atoms in total. The Morgan fingerprint density at radius 2 is 1.03 bits per heavy atom. The van der Waals surface area contributed by atoms with Gasteiger partial charge in [-0.25, -0.2) is 0 Å². The lowest BCUT2D eigenvalue weighted by atomic mass is 10.0. The molecule has 0 aliphatic carbocycles. The van der Waals surface area contributed by atoms with Crippen LogP contribution >= 0.6 is 15.9 Å². The molecule has 1 N–H and O–H groups in total. The lowest BCUT2D eigenvalue weighted by molar-refractivity contribution is 0.529. The second-order valence-corrected chi connectivity index (χ2v) is 10.7. The van der Waals surface area contributed by atoms with Crippen LogP contribution in [0, 0.1) is 0 Å². The normalized spacial score (nSPS) is 11.7. The van der Waals surface area contributed by atoms with Gasteiger partial charge in [-0.15, -0.1) is 0 Å². The first kappa shape index (κ1) is 25.3. The van der Waals surface area contributed by atoms with Crippen LogP contribution in [-0.2, 0) is 6.42 Å². The highest BCUT2D eigenvalue weighted by Gasteiger charge is 2.06. The van der Waals surface area contributed by atoms with E-state index in [-0.39, 0.29) is 0 Å². The Morgan fingerprint density at radius 3 is 1.59 bits per heavy atom. The lowest BCUT2D eigenvalue weighted by Crippen LogP contribution is -1.87. The van der Waals surface area contributed by atoms with Crippen LogP contribution in [0.15, 0.2) is 40.9 Å². The topological polar surface area (TPSA) is 15.8 Å². The molecule has 0 unspecified atom stereocenters. The van der Waals surface area contributed by atoms with Crippen molar-refractivity contribution in [3.63, 3.8) is 0 Å². The van der Waals surface area contributed by atoms with Gasteiger partial charge in [-0.3, -0.25) is 0 Å². The van der Waals surface area contributed by atoms with E-state index in [0.717, 1.165) is 4.47 Å². The lowest BCUT2D eigenvalue weighted by Gasteiger charge is -2.04. The van der Waals surface area contributed by atoms with Gasteiger partial charge in [0, 0.05) is 26.3 Å². The van der Waals surface area contributed by atoms with Gasteiger partial charge in [0.2, 0.25) is 0 Å². The fraction of sp³-hybridized carbons (Fsp3) is 0.600. The molecular weight excluding hydrogens is 454 g/mol. The minimum atomic E-state index is 1.15. The number of unbranched alkanes of at least 4 members (excludes halogenated alkanes) is 15. The first-order valence-corrected chi connectivity index (χ1v) is 14.3. The molecule has 0 saturated heterocycles. The molecule has 1 aromatic heterocycles. The van der Waals surface area contributed by atoms with Crippen molar-refractivity contribution < 1.29 is 0 Å². The first-order chi connectivity index (χ1) is 15.8. The largest absolute Gasteiger partial charge is 0.355 e. The average molecular weight is 499 g/mol. The minimum Gasteiger partial charge on any atom is -0.355 e. The number of benzene rings is 2. The number of hydrogen-bond donors (Lipinski definition) is 1. The van der Waals surface area contributed by atoms with Crippen molar-refractivity contribution >= 4 is 37.7 Å². The summed E-state index contributed by atoms with van der Waals surface area (Å²) in [5.74, 6) is 0. The Labute approximate surface area is 204 Å². The van der Waals surface area contributed by atoms with E-state index >= 15 is 0 Å². The summed E-state index contributed by atoms with van der Waals surface area (Å²) in [5, 5.41) is 2.68. The van der Waals surface area contributed by atoms with Crippen molar-refractivity contribution in [3.05, 3.63) is 46.4 Å². The number of rotatable bonds is 17. The van der Waals surface area contributed by atoms with E-state index in [1.54, 1.807) is 0 Å². The number of halogens is 1. The summed E-state index contributed by atoms with van der Waals surface area (Å²) in [6.07, 6.45) is 24.1. The molecule has 0 bridgehead atoms. The molecule has 0 fully saturated rings. The first-order valence-electron chi connectivity index (χ1n) is 13.5. The Balaban J connectivity index is 1.20. The van der Waals surface area contributed by atoms with E-state index in [4.69, 9.17) is 0 Å². The van der Waals surface area contributed by atoms with E-state index < -0.39 is 0 Å². The summed E-state index contributed by atoms with van der Waals surface area (Å²) in [7, 11) is 0. The summed E-state index contributed by atoms with van der Waals surface area (Å²) in [5.41, 5.74) is 3.94. The van der Waals surface area contributed by atoms with Crippen molar-refractivity contribution in [2.75, 3.05) is 0 Å². The Hall–Kier alpha value is -1.28. The van der Waals surface area contributed by atoms with E-state index in [9.17, 15) is 0 Å². The summed E-state index contributed by atoms with van der Waals surface area (Å²) in [6.45, 7) is 2.30. The molecule has 0 atom stereocenters. The second kappa shape index (κ2) is 14.8. The van der Waals surface area contributed by atoms with Crippen LogP contribution in [0.1, 0.15) is 115 Å². The van der Waals surface area contributed by atoms with Gasteiger partial charge < -0.3 is 4.98 Å². The minimum absolute atomic E-state index is 1.15. The third kappa shape index (κ3) is 8.58. The van der Waals surface area contributed by atoms with E-state index in [1.165, 1.54) is 137 Å². The van der Waals surface area contributed by atoms with Crippen molar-refractivity contribution in [1.29, 1.82) is 0 Å². The molecular formula is C30H44BrN. The number of aromatic nitrogens is 1. The van der Waals surface area contributed by atoms with Gasteiger partial charge in [0.1, 0.15) is 0 Å². The van der Waals surface area contributed by atoms with E-state index in [1.807, 2.05) is 0 Å². The molecule has 3 rings (SSSR count). The monoisotopic (exact) mass is 497 g/mol. The molecule has 2 aromatic carbocycles. The maximum Gasteiger partial charge on any atom is 0.0465 e. The smallest absolute Gasteiger partial charge is 0.0465 e. The molecule has 0 radical (unpaired) electrons. The van der Waals surface area contributed by atoms with Gasteiger partial charge in [-0.1, -0.05) is 125 Å². The Bertz CT molecular complexity index is 910. The fourth-order valence-electron chi connectivity index (χ4n) is 4.95. The van der Waals surface area contributed by atoms with Crippen molar-refractivity contribution in [2.24, 2.45) is 0 Å². The zero-order chi connectivity index (χ0) is 22.4. The summed E-state index contributed by atoms with van der Waals surface area (Å²) in [4.78, 5) is 3.54. The molecule has 0 spiro atoms. The number of fused-ring (bicyclic) bond motifs is 3. The zero-order valence-electron chi connectivity index (χ0n) is 20.4. The number of H-pyrrole nitrogens is 1. The summed E-state index contributed by atoms with van der Waals surface area (Å²) >= 11 is 3.61. The highest BCUT2D eigenvalue weighted by Crippen LogP contribution is 2.29. The molecule has 0 amide bonds. The summed E-state index contributed by atoms with van der Waals surface area (Å²) < 4.78 is 1.15. The molecule has 0 aliphatic rings. The molecule has 3 aromatic rings. The number of aryl methyl sites for hydroxylation is 1. The van der Waals surface area contributed by atoms with Crippen molar-refractivity contribution in [2.45, 2.75) is 116 Å². The predicted molar refractivity (Wildman–Crippen MR) is 147 cm³/mol. The van der Waals surface area contributed by atoms with Crippen molar-refractivity contribution in [1.82, 2.24) is 4.98 Å². The van der Waals surface area contributed by atoms with Gasteiger partial charge in [-0.05, 0) is 48.7 Å². The van der Waals surface area contributed by atoms with Crippen LogP contribution < -0.4 is 0 Å². The van der Waals surface area contributed by atoms with Gasteiger partial charge >= 0.3 is 0 Å². The van der Waals surface area contributed by atoms with Crippen LogP contribution in [0.3, 0.4) is 0 Å². The van der Waals surface area contributed by atoms with Gasteiger partial charge in [0.05, 0.1) is 0 Å². The van der Waals surface area contributed by atoms with E-state index in [2.05, 4.69) is 64.2 Å². The maximum absolute atomic E-state index is 3.61. The second-order valence-electron chi connectivity index (χ2n) is 9.75. The highest BCUT2D eigenvalue weighted by molar-refractivity contribution is 9.10. The molecule has 176 valence electrons. The van der Waals surface area contributed by atoms with Crippen molar-refractivity contribution in [3.8, 4) is 0 Å². The highest BCUT2D eigenvalue weighted by atomic mass is 79.9. The maximum atomic E-state index is 3.61. The predicted octanol–water partition coefficient (Wildman–Crippen LogP) is 10.9. The van der Waals surface area contributed by atoms with Crippen LogP contribution in [0.2, 0.25) is 0 Å². The van der Waals surface area contributed by atoms with Crippen LogP contribution in [0.5, 0.6) is 0 Å². The molecule has 0 saturated carbocycles. The number of nitrogens with one attached hydrogen (secondary N) is 1. The van der Waals surface area contributed by atoms with Gasteiger partial charge in [0.25, 0.3) is 0 Å². The number of hydrogen-bond acceptors (Lipinski definition) is 0. The standard InChI is InChI=1S/C30H44BrN/c1-2-3-4-5-6-7-8-9-10-11-12-13-14-15-16-17-18-25-19-21-29-27(23-25)28-24-26(31)20-22-30(28)32-29/h19-24,32H,2-18H2,1H3. The Kier molecular flexibility index (Phi) is 11.7. The quantitative estimate of drug-likeness (QED) is 0.178. The average Bonchev–Trinajstić information content (AvgIpc) is 3.16. The number of aromatic amines is 1. The van der Waals surface area contributed by atoms with E-state index in [0.29, 0.717) is 0 Å². The molecule has 32 heavy (non-hydrogen) atoms. The molecule has 1 heterocycles. The Morgan fingerprint density at radius 1 is 0.562 bits per heavy atom. The van der Waals surface area contributed by atoms with Gasteiger partial charge in [0.15, 0.2) is 0 Å². The molecule has 0 aliphatic heterocycles. The third-order valence-corrected chi connectivity index (χ3v) is 7.44. The zero-order valence-corrected chi connectivity index (χ0v) is 21.9. The van der Waals surface area contributed by atoms with Crippen LogP contribution in [0.25, 0.3) is 21.8 Å². The van der Waals surface area contributed by atoms with Crippen LogP contribution in [-0.4, -0.2) is 4.98 Å². The SMILES string of the molecule is CCCCCCCCCCCCCCCCCCc1ccc2[nH]c3ccc(Br)cc3c2c1. The summed E-state index contributed by atoms with van der Waals surface area (Å²) in [6, 6.07) is 13.4.